The molecule has 0 atom stereocenters. The van der Waals surface area contributed by atoms with Gasteiger partial charge in [-0.2, -0.15) is 0 Å². The summed E-state index contributed by atoms with van der Waals surface area (Å²) in [5.41, 5.74) is 0. The highest BCUT2D eigenvalue weighted by Crippen LogP contribution is 2.18. The molecule has 0 saturated heterocycles. The molecular weight excluding hydrogens is 234 g/mol. The molecule has 0 amide bonds. The number of hydrogen-bond acceptors (Lipinski definition) is 4. The van der Waals surface area contributed by atoms with Crippen molar-refractivity contribution in [2.45, 2.75) is 25.4 Å². The van der Waals surface area contributed by atoms with Crippen LogP contribution >= 0.6 is 0 Å². The van der Waals surface area contributed by atoms with Crippen LogP contribution in [0.3, 0.4) is 0 Å². The van der Waals surface area contributed by atoms with Crippen molar-refractivity contribution in [2.75, 3.05) is 14.2 Å². The summed E-state index contributed by atoms with van der Waals surface area (Å²) < 4.78 is 9.90. The predicted octanol–water partition coefficient (Wildman–Crippen LogP) is 0.894. The zero-order valence-corrected chi connectivity index (χ0v) is 10.5. The van der Waals surface area contributed by atoms with Crippen molar-refractivity contribution in [1.29, 1.82) is 0 Å². The first kappa shape index (κ1) is 12.5. The third-order valence-corrected chi connectivity index (χ3v) is 2.62. The van der Waals surface area contributed by atoms with Crippen LogP contribution in [0.5, 0.6) is 0 Å². The van der Waals surface area contributed by atoms with Crippen LogP contribution in [-0.2, 0) is 11.3 Å². The zero-order chi connectivity index (χ0) is 13.0. The first-order chi connectivity index (χ1) is 8.72. The smallest absolute Gasteiger partial charge is 0.373 e. The Bertz CT molecular complexity index is 449. The van der Waals surface area contributed by atoms with Gasteiger partial charge in [-0.05, 0) is 25.0 Å². The van der Waals surface area contributed by atoms with E-state index in [2.05, 4.69) is 20.4 Å². The maximum absolute atomic E-state index is 11.2. The van der Waals surface area contributed by atoms with Gasteiger partial charge in [0.1, 0.15) is 5.76 Å². The molecule has 1 heterocycles. The summed E-state index contributed by atoms with van der Waals surface area (Å²) in [4.78, 5) is 15.3. The summed E-state index contributed by atoms with van der Waals surface area (Å²) in [7, 11) is 3.05. The van der Waals surface area contributed by atoms with E-state index >= 15 is 0 Å². The lowest BCUT2D eigenvalue weighted by Gasteiger charge is -2.09. The fourth-order valence-electron chi connectivity index (χ4n) is 1.47. The third kappa shape index (κ3) is 3.26. The molecule has 0 aromatic carbocycles. The Balaban J connectivity index is 1.85. The Labute approximate surface area is 105 Å². The number of carbonyl (C=O) groups excluding carboxylic acids is 1. The van der Waals surface area contributed by atoms with Gasteiger partial charge in [0.05, 0.1) is 13.7 Å². The highest BCUT2D eigenvalue weighted by molar-refractivity contribution is 5.86. The van der Waals surface area contributed by atoms with Gasteiger partial charge in [0, 0.05) is 13.1 Å². The number of aliphatic imine (C=N–C) groups is 1. The zero-order valence-electron chi connectivity index (χ0n) is 10.5. The summed E-state index contributed by atoms with van der Waals surface area (Å²) in [5.74, 6) is 1.14. The molecule has 0 radical (unpaired) electrons. The minimum absolute atomic E-state index is 0.208. The van der Waals surface area contributed by atoms with Gasteiger partial charge < -0.3 is 19.8 Å². The van der Waals surface area contributed by atoms with E-state index in [1.807, 2.05) is 0 Å². The SMILES string of the molecule is CN=C(NCc1ccc(C(=O)OC)o1)NC1CC1. The Hall–Kier alpha value is -1.98. The minimum atomic E-state index is -0.471. The first-order valence-electron chi connectivity index (χ1n) is 5.87. The van der Waals surface area contributed by atoms with Crippen molar-refractivity contribution in [3.63, 3.8) is 0 Å². The lowest BCUT2D eigenvalue weighted by Crippen LogP contribution is -2.37. The van der Waals surface area contributed by atoms with E-state index < -0.39 is 5.97 Å². The molecule has 1 aromatic heterocycles. The van der Waals surface area contributed by atoms with E-state index in [9.17, 15) is 4.79 Å². The van der Waals surface area contributed by atoms with E-state index in [1.165, 1.54) is 20.0 Å². The normalized spacial score (nSPS) is 15.3. The summed E-state index contributed by atoms with van der Waals surface area (Å²) in [6.45, 7) is 0.476. The lowest BCUT2D eigenvalue weighted by atomic mass is 10.4. The van der Waals surface area contributed by atoms with Crippen molar-refractivity contribution in [3.05, 3.63) is 23.7 Å². The highest BCUT2D eigenvalue weighted by atomic mass is 16.5. The molecule has 2 N–H and O–H groups in total. The molecule has 1 aliphatic rings. The van der Waals surface area contributed by atoms with E-state index in [4.69, 9.17) is 4.42 Å². The number of esters is 1. The van der Waals surface area contributed by atoms with Gasteiger partial charge in [0.15, 0.2) is 5.96 Å². The lowest BCUT2D eigenvalue weighted by molar-refractivity contribution is 0.0563. The first-order valence-corrected chi connectivity index (χ1v) is 5.87. The Kier molecular flexibility index (Phi) is 3.86. The van der Waals surface area contributed by atoms with E-state index in [0.717, 1.165) is 5.96 Å². The molecule has 0 bridgehead atoms. The molecule has 0 unspecified atom stereocenters. The molecule has 6 heteroatoms. The van der Waals surface area contributed by atoms with Crippen LogP contribution < -0.4 is 10.6 Å². The van der Waals surface area contributed by atoms with Gasteiger partial charge in [-0.1, -0.05) is 0 Å². The molecule has 1 fully saturated rings. The summed E-state index contributed by atoms with van der Waals surface area (Å²) in [6.07, 6.45) is 2.38. The second-order valence-corrected chi connectivity index (χ2v) is 4.10. The average Bonchev–Trinajstić information content (AvgIpc) is 3.09. The Morgan fingerprint density at radius 1 is 1.56 bits per heavy atom. The van der Waals surface area contributed by atoms with Crippen molar-refractivity contribution < 1.29 is 13.9 Å². The number of carbonyl (C=O) groups is 1. The Morgan fingerprint density at radius 2 is 2.33 bits per heavy atom. The molecule has 1 saturated carbocycles. The molecule has 1 aromatic rings. The Morgan fingerprint density at radius 3 is 2.94 bits per heavy atom. The van der Waals surface area contributed by atoms with Crippen LogP contribution in [-0.4, -0.2) is 32.1 Å². The number of nitrogens with zero attached hydrogens (tertiary/aromatic N) is 1. The van der Waals surface area contributed by atoms with Gasteiger partial charge in [-0.3, -0.25) is 4.99 Å². The third-order valence-electron chi connectivity index (χ3n) is 2.62. The highest BCUT2D eigenvalue weighted by Gasteiger charge is 2.22. The van der Waals surface area contributed by atoms with Gasteiger partial charge in [-0.25, -0.2) is 4.79 Å². The fraction of sp³-hybridized carbons (Fsp3) is 0.500. The van der Waals surface area contributed by atoms with Crippen LogP contribution in [0.15, 0.2) is 21.5 Å². The molecule has 98 valence electrons. The van der Waals surface area contributed by atoms with E-state index in [-0.39, 0.29) is 5.76 Å². The van der Waals surface area contributed by atoms with Crippen molar-refractivity contribution in [3.8, 4) is 0 Å². The van der Waals surface area contributed by atoms with Crippen molar-refractivity contribution >= 4 is 11.9 Å². The second-order valence-electron chi connectivity index (χ2n) is 4.10. The second kappa shape index (κ2) is 5.57. The number of hydrogen-bond donors (Lipinski definition) is 2. The van der Waals surface area contributed by atoms with E-state index in [1.54, 1.807) is 19.2 Å². The number of methoxy groups -OCH3 is 1. The van der Waals surface area contributed by atoms with Crippen LogP contribution in [0.4, 0.5) is 0 Å². The maximum Gasteiger partial charge on any atom is 0.373 e. The molecule has 2 rings (SSSR count). The van der Waals surface area contributed by atoms with Gasteiger partial charge in [0.25, 0.3) is 0 Å². The number of nitrogens with one attached hydrogen (secondary N) is 2. The van der Waals surface area contributed by atoms with Gasteiger partial charge in [0.2, 0.25) is 5.76 Å². The fourth-order valence-corrected chi connectivity index (χ4v) is 1.47. The quantitative estimate of drug-likeness (QED) is 0.472. The molecule has 0 aliphatic heterocycles. The topological polar surface area (TPSA) is 75.9 Å². The largest absolute Gasteiger partial charge is 0.463 e. The molecular formula is C12H17N3O3. The van der Waals surface area contributed by atoms with Crippen LogP contribution in [0.25, 0.3) is 0 Å². The van der Waals surface area contributed by atoms with Crippen LogP contribution in [0, 0.1) is 0 Å². The van der Waals surface area contributed by atoms with Crippen molar-refractivity contribution in [2.24, 2.45) is 4.99 Å². The molecule has 0 spiro atoms. The van der Waals surface area contributed by atoms with Crippen LogP contribution in [0.1, 0.15) is 29.2 Å². The maximum atomic E-state index is 11.2. The standard InChI is InChI=1S/C12H17N3O3/c1-13-12(15-8-3-4-8)14-7-9-5-6-10(18-9)11(16)17-2/h5-6,8H,3-4,7H2,1-2H3,(H2,13,14,15). The summed E-state index contributed by atoms with van der Waals surface area (Å²) >= 11 is 0. The van der Waals surface area contributed by atoms with Gasteiger partial charge >= 0.3 is 5.97 Å². The van der Waals surface area contributed by atoms with Crippen molar-refractivity contribution in [1.82, 2.24) is 10.6 Å². The summed E-state index contributed by atoms with van der Waals surface area (Å²) in [6, 6.07) is 3.88. The number of ether oxygens (including phenoxy) is 1. The molecule has 1 aliphatic carbocycles. The average molecular weight is 251 g/mol. The number of furan rings is 1. The van der Waals surface area contributed by atoms with E-state index in [0.29, 0.717) is 18.3 Å². The number of rotatable bonds is 4. The van der Waals surface area contributed by atoms with Crippen LogP contribution in [0.2, 0.25) is 0 Å². The predicted molar refractivity (Wildman–Crippen MR) is 66.4 cm³/mol. The van der Waals surface area contributed by atoms with Gasteiger partial charge in [-0.15, -0.1) is 0 Å². The monoisotopic (exact) mass is 251 g/mol. The number of guanidine groups is 1. The molecule has 18 heavy (non-hydrogen) atoms. The summed E-state index contributed by atoms with van der Waals surface area (Å²) in [5, 5.41) is 6.38. The molecule has 6 nitrogen and oxygen atoms in total. The minimum Gasteiger partial charge on any atom is -0.463 e.